The first-order valence-corrected chi connectivity index (χ1v) is 8.05. The van der Waals surface area contributed by atoms with Gasteiger partial charge in [-0.15, -0.1) is 0 Å². The zero-order valence-electron chi connectivity index (χ0n) is 12.8. The van der Waals surface area contributed by atoms with Crippen molar-refractivity contribution in [1.29, 1.82) is 0 Å². The average molecular weight is 322 g/mol. The van der Waals surface area contributed by atoms with Crippen LogP contribution in [-0.4, -0.2) is 22.8 Å². The highest BCUT2D eigenvalue weighted by molar-refractivity contribution is 6.30. The van der Waals surface area contributed by atoms with Gasteiger partial charge in [0, 0.05) is 5.02 Å². The minimum absolute atomic E-state index is 0.0614. The number of benzene rings is 1. The molecule has 1 saturated heterocycles. The van der Waals surface area contributed by atoms with Gasteiger partial charge in [0.25, 0.3) is 0 Å². The summed E-state index contributed by atoms with van der Waals surface area (Å²) in [4.78, 5) is 4.53. The SMILES string of the molecule is CC(C)Oc1ccc(Cl)cc1-c1noc([C@@H]2CCCCN2)n1. The van der Waals surface area contributed by atoms with Gasteiger partial charge in [0.05, 0.1) is 17.7 Å². The number of nitrogens with zero attached hydrogens (tertiary/aromatic N) is 2. The maximum absolute atomic E-state index is 6.10. The first kappa shape index (κ1) is 15.3. The maximum atomic E-state index is 6.10. The molecule has 118 valence electrons. The summed E-state index contributed by atoms with van der Waals surface area (Å²) in [6, 6.07) is 5.59. The van der Waals surface area contributed by atoms with Crippen LogP contribution in [0.4, 0.5) is 0 Å². The van der Waals surface area contributed by atoms with Gasteiger partial charge in [-0.1, -0.05) is 23.2 Å². The zero-order valence-corrected chi connectivity index (χ0v) is 13.6. The van der Waals surface area contributed by atoms with Crippen LogP contribution in [-0.2, 0) is 0 Å². The smallest absolute Gasteiger partial charge is 0.244 e. The van der Waals surface area contributed by atoms with Crippen molar-refractivity contribution in [3.63, 3.8) is 0 Å². The molecule has 1 aliphatic heterocycles. The fourth-order valence-electron chi connectivity index (χ4n) is 2.58. The van der Waals surface area contributed by atoms with Crippen LogP contribution >= 0.6 is 11.6 Å². The van der Waals surface area contributed by atoms with Gasteiger partial charge in [0.2, 0.25) is 11.7 Å². The second-order valence-corrected chi connectivity index (χ2v) is 6.20. The Labute approximate surface area is 135 Å². The Hall–Kier alpha value is -1.59. The number of piperidine rings is 1. The van der Waals surface area contributed by atoms with Crippen LogP contribution in [0.3, 0.4) is 0 Å². The molecule has 0 aliphatic carbocycles. The molecule has 1 aliphatic rings. The number of nitrogens with one attached hydrogen (secondary N) is 1. The Morgan fingerprint density at radius 3 is 2.95 bits per heavy atom. The summed E-state index contributed by atoms with van der Waals surface area (Å²) < 4.78 is 11.2. The molecule has 22 heavy (non-hydrogen) atoms. The third-order valence-corrected chi connectivity index (χ3v) is 3.83. The quantitative estimate of drug-likeness (QED) is 0.922. The molecule has 5 nitrogen and oxygen atoms in total. The fourth-order valence-corrected chi connectivity index (χ4v) is 2.75. The first-order valence-electron chi connectivity index (χ1n) is 7.67. The van der Waals surface area contributed by atoms with Gasteiger partial charge in [0.15, 0.2) is 0 Å². The molecule has 1 aromatic carbocycles. The van der Waals surface area contributed by atoms with Crippen LogP contribution in [0, 0.1) is 0 Å². The predicted molar refractivity (Wildman–Crippen MR) is 85.1 cm³/mol. The highest BCUT2D eigenvalue weighted by Gasteiger charge is 2.22. The van der Waals surface area contributed by atoms with E-state index in [0.29, 0.717) is 22.5 Å². The summed E-state index contributed by atoms with van der Waals surface area (Å²) in [5.74, 6) is 1.86. The average Bonchev–Trinajstić information content (AvgIpc) is 2.99. The van der Waals surface area contributed by atoms with Crippen LogP contribution in [0.2, 0.25) is 5.02 Å². The third-order valence-electron chi connectivity index (χ3n) is 3.60. The molecule has 0 unspecified atom stereocenters. The van der Waals surface area contributed by atoms with Crippen molar-refractivity contribution >= 4 is 11.6 Å². The number of hydrogen-bond donors (Lipinski definition) is 1. The number of hydrogen-bond acceptors (Lipinski definition) is 5. The highest BCUT2D eigenvalue weighted by Crippen LogP contribution is 2.32. The van der Waals surface area contributed by atoms with E-state index in [-0.39, 0.29) is 12.1 Å². The molecule has 2 aromatic rings. The van der Waals surface area contributed by atoms with Crippen LogP contribution < -0.4 is 10.1 Å². The van der Waals surface area contributed by atoms with Gasteiger partial charge >= 0.3 is 0 Å². The second-order valence-electron chi connectivity index (χ2n) is 5.77. The van der Waals surface area contributed by atoms with E-state index in [1.165, 1.54) is 12.8 Å². The van der Waals surface area contributed by atoms with Crippen molar-refractivity contribution < 1.29 is 9.26 Å². The first-order chi connectivity index (χ1) is 10.6. The minimum atomic E-state index is 0.0614. The summed E-state index contributed by atoms with van der Waals surface area (Å²) in [6.07, 6.45) is 3.45. The molecule has 0 spiro atoms. The largest absolute Gasteiger partial charge is 0.490 e. The number of ether oxygens (including phenoxy) is 1. The molecule has 0 amide bonds. The van der Waals surface area contributed by atoms with Crippen molar-refractivity contribution in [2.24, 2.45) is 0 Å². The Kier molecular flexibility index (Phi) is 4.64. The van der Waals surface area contributed by atoms with E-state index in [1.54, 1.807) is 6.07 Å². The van der Waals surface area contributed by atoms with Crippen molar-refractivity contribution in [3.8, 4) is 17.1 Å². The normalized spacial score (nSPS) is 18.6. The summed E-state index contributed by atoms with van der Waals surface area (Å²) in [6.45, 7) is 4.94. The van der Waals surface area contributed by atoms with Crippen LogP contribution in [0.25, 0.3) is 11.4 Å². The second kappa shape index (κ2) is 6.67. The lowest BCUT2D eigenvalue weighted by atomic mass is 10.1. The van der Waals surface area contributed by atoms with Gasteiger partial charge in [0.1, 0.15) is 5.75 Å². The lowest BCUT2D eigenvalue weighted by Crippen LogP contribution is -2.26. The Balaban J connectivity index is 1.90. The number of aromatic nitrogens is 2. The lowest BCUT2D eigenvalue weighted by Gasteiger charge is -2.19. The molecule has 2 heterocycles. The highest BCUT2D eigenvalue weighted by atomic mass is 35.5. The van der Waals surface area contributed by atoms with Crippen molar-refractivity contribution in [2.45, 2.75) is 45.3 Å². The van der Waals surface area contributed by atoms with Gasteiger partial charge in [-0.3, -0.25) is 0 Å². The predicted octanol–water partition coefficient (Wildman–Crippen LogP) is 3.99. The molecular formula is C16H20ClN3O2. The Morgan fingerprint density at radius 1 is 1.36 bits per heavy atom. The van der Waals surface area contributed by atoms with Gasteiger partial charge in [-0.2, -0.15) is 4.98 Å². The molecule has 0 saturated carbocycles. The van der Waals surface area contributed by atoms with E-state index in [4.69, 9.17) is 20.9 Å². The molecule has 3 rings (SSSR count). The van der Waals surface area contributed by atoms with E-state index in [9.17, 15) is 0 Å². The molecule has 0 radical (unpaired) electrons. The molecule has 1 atom stereocenters. The van der Waals surface area contributed by atoms with Crippen LogP contribution in [0.5, 0.6) is 5.75 Å². The summed E-state index contributed by atoms with van der Waals surface area (Å²) in [5, 5.41) is 8.13. The zero-order chi connectivity index (χ0) is 15.5. The lowest BCUT2D eigenvalue weighted by molar-refractivity contribution is 0.243. The van der Waals surface area contributed by atoms with E-state index in [2.05, 4.69) is 15.5 Å². The van der Waals surface area contributed by atoms with Crippen molar-refractivity contribution in [2.75, 3.05) is 6.54 Å². The molecule has 0 bridgehead atoms. The maximum Gasteiger partial charge on any atom is 0.244 e. The summed E-state index contributed by atoms with van der Waals surface area (Å²) >= 11 is 6.10. The standard InChI is InChI=1S/C16H20ClN3O2/c1-10(2)21-14-7-6-11(17)9-12(14)15-19-16(22-20-15)13-5-3-4-8-18-13/h6-7,9-10,13,18H,3-5,8H2,1-2H3/t13-/m0/s1. The Bertz CT molecular complexity index is 636. The van der Waals surface area contributed by atoms with Crippen LogP contribution in [0.15, 0.2) is 22.7 Å². The molecule has 6 heteroatoms. The van der Waals surface area contributed by atoms with Gasteiger partial charge in [-0.25, -0.2) is 0 Å². The monoisotopic (exact) mass is 321 g/mol. The van der Waals surface area contributed by atoms with E-state index in [1.807, 2.05) is 26.0 Å². The molecule has 1 aromatic heterocycles. The van der Waals surface area contributed by atoms with Crippen LogP contribution in [0.1, 0.15) is 45.0 Å². The fraction of sp³-hybridized carbons (Fsp3) is 0.500. The Morgan fingerprint density at radius 2 is 2.23 bits per heavy atom. The van der Waals surface area contributed by atoms with E-state index >= 15 is 0 Å². The van der Waals surface area contributed by atoms with Crippen molar-refractivity contribution in [1.82, 2.24) is 15.5 Å². The van der Waals surface area contributed by atoms with Crippen molar-refractivity contribution in [3.05, 3.63) is 29.1 Å². The summed E-state index contributed by atoms with van der Waals surface area (Å²) in [7, 11) is 0. The topological polar surface area (TPSA) is 60.2 Å². The van der Waals surface area contributed by atoms with E-state index < -0.39 is 0 Å². The van der Waals surface area contributed by atoms with Gasteiger partial charge in [-0.05, 0) is 51.4 Å². The number of rotatable bonds is 4. The molecular weight excluding hydrogens is 302 g/mol. The number of halogens is 1. The third kappa shape index (κ3) is 3.42. The summed E-state index contributed by atoms with van der Waals surface area (Å²) in [5.41, 5.74) is 0.756. The van der Waals surface area contributed by atoms with E-state index in [0.717, 1.165) is 18.5 Å². The molecule has 1 fully saturated rings. The minimum Gasteiger partial charge on any atom is -0.490 e. The van der Waals surface area contributed by atoms with Gasteiger partial charge < -0.3 is 14.6 Å². The molecule has 1 N–H and O–H groups in total.